The van der Waals surface area contributed by atoms with E-state index in [1.165, 1.54) is 29.0 Å². The Labute approximate surface area is 201 Å². The molecule has 13 heteroatoms. The molecular formula is C20H17F2IN4O5S. The monoisotopic (exact) mass is 590 g/mol. The van der Waals surface area contributed by atoms with Gasteiger partial charge in [0.1, 0.15) is 17.4 Å². The Morgan fingerprint density at radius 2 is 1.85 bits per heavy atom. The second-order valence-electron chi connectivity index (χ2n) is 6.60. The number of carbonyl (C=O) groups is 1. The van der Waals surface area contributed by atoms with Crippen molar-refractivity contribution in [3.8, 4) is 11.5 Å². The number of rotatable bonds is 8. The Morgan fingerprint density at radius 1 is 1.09 bits per heavy atom. The molecule has 0 spiro atoms. The number of nitrogens with one attached hydrogen (secondary N) is 3. The van der Waals surface area contributed by atoms with Gasteiger partial charge in [-0.15, -0.1) is 0 Å². The fraction of sp³-hybridized carbons (Fsp3) is 0.0500. The predicted octanol–water partition coefficient (Wildman–Crippen LogP) is 4.29. The van der Waals surface area contributed by atoms with Gasteiger partial charge in [-0.25, -0.2) is 18.3 Å². The molecule has 3 rings (SSSR count). The van der Waals surface area contributed by atoms with Gasteiger partial charge in [0.25, 0.3) is 0 Å². The molecule has 0 aliphatic heterocycles. The van der Waals surface area contributed by atoms with Crippen molar-refractivity contribution in [3.63, 3.8) is 0 Å². The van der Waals surface area contributed by atoms with Crippen LogP contribution in [0.15, 0.2) is 54.6 Å². The van der Waals surface area contributed by atoms with Crippen LogP contribution < -0.4 is 25.2 Å². The van der Waals surface area contributed by atoms with E-state index in [2.05, 4.69) is 10.0 Å². The van der Waals surface area contributed by atoms with E-state index in [1.807, 2.05) is 22.6 Å². The summed E-state index contributed by atoms with van der Waals surface area (Å²) in [7, 11) is -4.25. The number of hydrogen-bond acceptors (Lipinski definition) is 6. The summed E-state index contributed by atoms with van der Waals surface area (Å²) >= 11 is 1.96. The predicted molar refractivity (Wildman–Crippen MR) is 127 cm³/mol. The van der Waals surface area contributed by atoms with Gasteiger partial charge in [-0.05, 0) is 64.6 Å². The van der Waals surface area contributed by atoms with Crippen molar-refractivity contribution >= 4 is 56.0 Å². The first-order chi connectivity index (χ1) is 15.5. The molecule has 33 heavy (non-hydrogen) atoms. The first kappa shape index (κ1) is 24.5. The lowest BCUT2D eigenvalue weighted by Gasteiger charge is -2.15. The molecule has 0 aliphatic carbocycles. The standard InChI is InChI=1S/C20H17F2IN4O5S/c21-12-7-17(26-16-5-4-13(23)9-15(16)22)19(24)18(8-12)32-14-3-1-2-11(6-14)10-25-33(30,31)27-20(28)29/h1-9,25-27H,10,24H2,(H,28,29). The van der Waals surface area contributed by atoms with Gasteiger partial charge in [-0.3, -0.25) is 0 Å². The van der Waals surface area contributed by atoms with Gasteiger partial charge < -0.3 is 20.9 Å². The molecule has 0 heterocycles. The molecule has 0 saturated carbocycles. The van der Waals surface area contributed by atoms with E-state index in [0.29, 0.717) is 9.13 Å². The van der Waals surface area contributed by atoms with Gasteiger partial charge in [0.05, 0.1) is 17.1 Å². The van der Waals surface area contributed by atoms with Crippen LogP contribution in [0.2, 0.25) is 0 Å². The molecule has 0 radical (unpaired) electrons. The number of anilines is 3. The maximum atomic E-state index is 14.2. The van der Waals surface area contributed by atoms with Crippen molar-refractivity contribution < 1.29 is 31.8 Å². The zero-order valence-corrected chi connectivity index (χ0v) is 19.6. The zero-order valence-electron chi connectivity index (χ0n) is 16.6. The third-order valence-corrected chi connectivity index (χ3v) is 5.76. The first-order valence-corrected chi connectivity index (χ1v) is 11.7. The van der Waals surface area contributed by atoms with Crippen LogP contribution in [0.25, 0.3) is 0 Å². The van der Waals surface area contributed by atoms with Gasteiger partial charge in [0.15, 0.2) is 5.75 Å². The topological polar surface area (TPSA) is 143 Å². The zero-order chi connectivity index (χ0) is 24.2. The highest BCUT2D eigenvalue weighted by Gasteiger charge is 2.15. The fourth-order valence-electron chi connectivity index (χ4n) is 2.69. The van der Waals surface area contributed by atoms with Crippen molar-refractivity contribution in [1.82, 2.24) is 9.44 Å². The van der Waals surface area contributed by atoms with E-state index < -0.39 is 27.9 Å². The van der Waals surface area contributed by atoms with Crippen LogP contribution in [0.1, 0.15) is 5.56 Å². The molecule has 0 aliphatic rings. The first-order valence-electron chi connectivity index (χ1n) is 9.10. The summed E-state index contributed by atoms with van der Waals surface area (Å²) in [6, 6.07) is 12.7. The number of hydrogen-bond donors (Lipinski definition) is 5. The quantitative estimate of drug-likeness (QED) is 0.195. The highest BCUT2D eigenvalue weighted by Crippen LogP contribution is 2.36. The molecule has 3 aromatic carbocycles. The normalized spacial score (nSPS) is 11.1. The largest absolute Gasteiger partial charge is 0.464 e. The molecule has 0 aromatic heterocycles. The Bertz CT molecular complexity index is 1310. The second-order valence-corrected chi connectivity index (χ2v) is 9.34. The summed E-state index contributed by atoms with van der Waals surface area (Å²) in [5, 5.41) is 11.3. The summed E-state index contributed by atoms with van der Waals surface area (Å²) in [6.07, 6.45) is -1.73. The van der Waals surface area contributed by atoms with E-state index in [-0.39, 0.29) is 35.1 Å². The molecule has 3 aromatic rings. The molecule has 6 N–H and O–H groups in total. The van der Waals surface area contributed by atoms with E-state index in [9.17, 15) is 22.0 Å². The van der Waals surface area contributed by atoms with Gasteiger partial charge >= 0.3 is 16.3 Å². The summed E-state index contributed by atoms with van der Waals surface area (Å²) in [6.45, 7) is -0.239. The van der Waals surface area contributed by atoms with E-state index in [4.69, 9.17) is 15.6 Å². The molecule has 9 nitrogen and oxygen atoms in total. The molecule has 0 atom stereocenters. The Hall–Kier alpha value is -3.17. The van der Waals surface area contributed by atoms with Gasteiger partial charge in [-0.2, -0.15) is 13.1 Å². The minimum absolute atomic E-state index is 0.0196. The van der Waals surface area contributed by atoms with Crippen molar-refractivity contribution in [2.24, 2.45) is 0 Å². The van der Waals surface area contributed by atoms with Crippen LogP contribution in [0, 0.1) is 15.2 Å². The van der Waals surface area contributed by atoms with E-state index >= 15 is 0 Å². The maximum Gasteiger partial charge on any atom is 0.419 e. The Morgan fingerprint density at radius 3 is 2.55 bits per heavy atom. The van der Waals surface area contributed by atoms with Crippen LogP contribution in [0.4, 0.5) is 30.6 Å². The molecule has 0 bridgehead atoms. The third kappa shape index (κ3) is 6.90. The van der Waals surface area contributed by atoms with Crippen molar-refractivity contribution in [2.75, 3.05) is 11.1 Å². The smallest absolute Gasteiger partial charge is 0.419 e. The molecule has 0 fully saturated rings. The fourth-order valence-corrected chi connectivity index (χ4v) is 3.80. The van der Waals surface area contributed by atoms with Crippen LogP contribution in [-0.4, -0.2) is 19.6 Å². The van der Waals surface area contributed by atoms with Crippen molar-refractivity contribution in [1.29, 1.82) is 0 Å². The molecular weight excluding hydrogens is 573 g/mol. The summed E-state index contributed by atoms with van der Waals surface area (Å²) in [5.41, 5.74) is 6.73. The third-order valence-electron chi connectivity index (χ3n) is 4.12. The minimum Gasteiger partial charge on any atom is -0.464 e. The number of halogens is 3. The average molecular weight is 590 g/mol. The molecule has 0 unspecified atom stereocenters. The summed E-state index contributed by atoms with van der Waals surface area (Å²) in [5.74, 6) is -1.06. The lowest BCUT2D eigenvalue weighted by molar-refractivity contribution is 0.201. The number of amides is 1. The van der Waals surface area contributed by atoms with Gasteiger partial charge in [0.2, 0.25) is 0 Å². The highest BCUT2D eigenvalue weighted by atomic mass is 127. The maximum absolute atomic E-state index is 14.2. The number of nitrogens with two attached hydrogens (primary N) is 1. The minimum atomic E-state index is -4.25. The van der Waals surface area contributed by atoms with Crippen LogP contribution in [0.3, 0.4) is 0 Å². The molecule has 0 saturated heterocycles. The van der Waals surface area contributed by atoms with E-state index in [1.54, 1.807) is 18.2 Å². The van der Waals surface area contributed by atoms with Crippen molar-refractivity contribution in [2.45, 2.75) is 6.54 Å². The highest BCUT2D eigenvalue weighted by molar-refractivity contribution is 14.1. The van der Waals surface area contributed by atoms with Gasteiger partial charge in [-0.1, -0.05) is 12.1 Å². The van der Waals surface area contributed by atoms with Crippen LogP contribution in [0.5, 0.6) is 11.5 Å². The van der Waals surface area contributed by atoms with E-state index in [0.717, 1.165) is 12.1 Å². The lowest BCUT2D eigenvalue weighted by atomic mass is 10.2. The van der Waals surface area contributed by atoms with Gasteiger partial charge in [0, 0.05) is 16.2 Å². The molecule has 1 amide bonds. The molecule has 174 valence electrons. The SMILES string of the molecule is Nc1c(Nc2ccc(I)cc2F)cc(F)cc1Oc1cccc(CNS(=O)(=O)NC(=O)O)c1. The average Bonchev–Trinajstić information content (AvgIpc) is 2.71. The Kier molecular flexibility index (Phi) is 7.55. The number of nitrogen functional groups attached to an aromatic ring is 1. The van der Waals surface area contributed by atoms with Crippen LogP contribution in [-0.2, 0) is 16.8 Å². The lowest BCUT2D eigenvalue weighted by Crippen LogP contribution is -2.39. The summed E-state index contributed by atoms with van der Waals surface area (Å²) < 4.78 is 61.3. The number of carboxylic acid groups (broad SMARTS) is 1. The van der Waals surface area contributed by atoms with Crippen molar-refractivity contribution in [3.05, 3.63) is 75.4 Å². The van der Waals surface area contributed by atoms with Crippen LogP contribution >= 0.6 is 22.6 Å². The number of benzene rings is 3. The number of ether oxygens (including phenoxy) is 1. The second kappa shape index (κ2) is 10.2. The Balaban J connectivity index is 1.79. The summed E-state index contributed by atoms with van der Waals surface area (Å²) in [4.78, 5) is 10.5.